The van der Waals surface area contributed by atoms with Crippen molar-refractivity contribution in [2.45, 2.75) is 53.0 Å². The molecule has 3 rings (SSSR count). The number of hydrogen-bond acceptors (Lipinski definition) is 5. The van der Waals surface area contributed by atoms with Crippen molar-refractivity contribution < 1.29 is 24.2 Å². The lowest BCUT2D eigenvalue weighted by Gasteiger charge is -2.25. The molecule has 0 saturated carbocycles. The maximum atomic E-state index is 13.2. The largest absolute Gasteiger partial charge is 0.507 e. The summed E-state index contributed by atoms with van der Waals surface area (Å²) in [6.07, 6.45) is 0.688. The van der Waals surface area contributed by atoms with Gasteiger partial charge >= 0.3 is 0 Å². The maximum absolute atomic E-state index is 13.2. The zero-order valence-corrected chi connectivity index (χ0v) is 20.3. The predicted octanol–water partition coefficient (Wildman–Crippen LogP) is 5.36. The Balaban J connectivity index is 2.25. The first kappa shape index (κ1) is 24.4. The van der Waals surface area contributed by atoms with Crippen LogP contribution in [0.5, 0.6) is 11.5 Å². The number of benzene rings is 2. The Hall–Kier alpha value is -3.28. The Kier molecular flexibility index (Phi) is 7.46. The van der Waals surface area contributed by atoms with Gasteiger partial charge in [0.15, 0.2) is 0 Å². The number of amides is 1. The van der Waals surface area contributed by atoms with Crippen LogP contribution in [0.3, 0.4) is 0 Å². The number of ketones is 1. The fourth-order valence-electron chi connectivity index (χ4n) is 4.37. The van der Waals surface area contributed by atoms with E-state index in [2.05, 4.69) is 0 Å². The number of hydrogen-bond donors (Lipinski definition) is 1. The minimum atomic E-state index is -0.686. The first-order valence-corrected chi connectivity index (χ1v) is 11.4. The third kappa shape index (κ3) is 4.61. The van der Waals surface area contributed by atoms with Crippen molar-refractivity contribution in [3.63, 3.8) is 0 Å². The number of aliphatic hydroxyl groups excluding tert-OH is 1. The lowest BCUT2D eigenvalue weighted by atomic mass is 9.91. The highest BCUT2D eigenvalue weighted by atomic mass is 16.5. The van der Waals surface area contributed by atoms with Crippen molar-refractivity contribution in [3.05, 3.63) is 64.2 Å². The molecule has 176 valence electrons. The molecule has 1 amide bonds. The average Bonchev–Trinajstić information content (AvgIpc) is 3.04. The zero-order valence-electron chi connectivity index (χ0n) is 20.3. The van der Waals surface area contributed by atoms with Crippen molar-refractivity contribution in [1.82, 2.24) is 4.90 Å². The smallest absolute Gasteiger partial charge is 0.295 e. The van der Waals surface area contributed by atoms with E-state index in [1.54, 1.807) is 12.0 Å². The number of aliphatic hydroxyl groups is 1. The first-order chi connectivity index (χ1) is 15.7. The highest BCUT2D eigenvalue weighted by Gasteiger charge is 2.46. The van der Waals surface area contributed by atoms with E-state index in [9.17, 15) is 14.7 Å². The second kappa shape index (κ2) is 10.1. The fraction of sp³-hybridized carbons (Fsp3) is 0.407. The summed E-state index contributed by atoms with van der Waals surface area (Å²) in [6, 6.07) is 10.4. The van der Waals surface area contributed by atoms with Crippen LogP contribution in [0.25, 0.3) is 5.76 Å². The number of methoxy groups -OCH3 is 1. The Morgan fingerprint density at radius 3 is 2.48 bits per heavy atom. The summed E-state index contributed by atoms with van der Waals surface area (Å²) in [6.45, 7) is 10.7. The Morgan fingerprint density at radius 1 is 1.15 bits per heavy atom. The van der Waals surface area contributed by atoms with Crippen LogP contribution in [-0.4, -0.2) is 42.0 Å². The van der Waals surface area contributed by atoms with Gasteiger partial charge in [0.25, 0.3) is 11.7 Å². The second-order valence-corrected chi connectivity index (χ2v) is 8.56. The number of aryl methyl sites for hydroxylation is 1. The zero-order chi connectivity index (χ0) is 24.3. The first-order valence-electron chi connectivity index (χ1n) is 11.4. The molecule has 6 heteroatoms. The monoisotopic (exact) mass is 451 g/mol. The van der Waals surface area contributed by atoms with Gasteiger partial charge in [-0.2, -0.15) is 0 Å². The normalized spacial score (nSPS) is 17.7. The molecule has 2 aromatic carbocycles. The van der Waals surface area contributed by atoms with Crippen LogP contribution in [0, 0.1) is 6.92 Å². The third-order valence-electron chi connectivity index (χ3n) is 5.94. The summed E-state index contributed by atoms with van der Waals surface area (Å²) in [5.41, 5.74) is 3.04. The number of rotatable bonds is 8. The molecule has 0 radical (unpaired) electrons. The van der Waals surface area contributed by atoms with Crippen LogP contribution in [-0.2, 0) is 9.59 Å². The molecule has 2 aromatic rings. The number of nitrogens with zero attached hydrogens (tertiary/aromatic N) is 1. The molecule has 1 aliphatic rings. The Labute approximate surface area is 195 Å². The molecule has 1 fully saturated rings. The van der Waals surface area contributed by atoms with Gasteiger partial charge in [-0.1, -0.05) is 32.9 Å². The van der Waals surface area contributed by atoms with E-state index in [4.69, 9.17) is 9.47 Å². The molecule has 1 atom stereocenters. The number of Topliss-reactive ketones (excluding diaryl/α,β-unsaturated/α-hetero) is 1. The average molecular weight is 452 g/mol. The SMILES string of the molecule is CCCN1C(=O)C(=O)/C(=C(/O)c2cc(C(C)C)c(OC)cc2C)C1c1cccc(OCC)c1. The molecular formula is C27H33NO5. The van der Waals surface area contributed by atoms with Gasteiger partial charge in [0, 0.05) is 12.1 Å². The molecule has 1 heterocycles. The van der Waals surface area contributed by atoms with E-state index in [0.29, 0.717) is 30.9 Å². The summed E-state index contributed by atoms with van der Waals surface area (Å²) >= 11 is 0. The summed E-state index contributed by atoms with van der Waals surface area (Å²) < 4.78 is 11.2. The van der Waals surface area contributed by atoms with Crippen LogP contribution in [0.15, 0.2) is 42.0 Å². The number of carbonyl (C=O) groups excluding carboxylic acids is 2. The lowest BCUT2D eigenvalue weighted by molar-refractivity contribution is -0.139. The van der Waals surface area contributed by atoms with Crippen LogP contribution in [0.2, 0.25) is 0 Å². The standard InChI is InChI=1S/C27H33NO5/c1-7-12-28-24(18-10-9-11-19(14-18)33-8-2)23(26(30)27(28)31)25(29)21-15-20(16(3)4)22(32-6)13-17(21)5/h9-11,13-16,24,29H,7-8,12H2,1-6H3/b25-23+. The van der Waals surface area contributed by atoms with Crippen molar-refractivity contribution in [2.24, 2.45) is 0 Å². The minimum Gasteiger partial charge on any atom is -0.507 e. The van der Waals surface area contributed by atoms with E-state index < -0.39 is 17.7 Å². The number of carbonyl (C=O) groups is 2. The summed E-state index contributed by atoms with van der Waals surface area (Å²) in [4.78, 5) is 27.7. The van der Waals surface area contributed by atoms with Crippen LogP contribution in [0.1, 0.15) is 68.3 Å². The lowest BCUT2D eigenvalue weighted by Crippen LogP contribution is -2.30. The van der Waals surface area contributed by atoms with E-state index in [1.807, 2.05) is 71.0 Å². The predicted molar refractivity (Wildman–Crippen MR) is 129 cm³/mol. The molecule has 6 nitrogen and oxygen atoms in total. The second-order valence-electron chi connectivity index (χ2n) is 8.56. The fourth-order valence-corrected chi connectivity index (χ4v) is 4.37. The summed E-state index contributed by atoms with van der Waals surface area (Å²) in [5, 5.41) is 11.5. The molecule has 33 heavy (non-hydrogen) atoms. The minimum absolute atomic E-state index is 0.102. The van der Waals surface area contributed by atoms with E-state index in [-0.39, 0.29) is 17.3 Å². The molecule has 1 unspecified atom stereocenters. The van der Waals surface area contributed by atoms with Crippen molar-refractivity contribution in [3.8, 4) is 11.5 Å². The quantitative estimate of drug-likeness (QED) is 0.332. The van der Waals surface area contributed by atoms with Gasteiger partial charge in [-0.25, -0.2) is 0 Å². The van der Waals surface area contributed by atoms with Gasteiger partial charge in [-0.3, -0.25) is 9.59 Å². The van der Waals surface area contributed by atoms with Crippen molar-refractivity contribution >= 4 is 17.4 Å². The topological polar surface area (TPSA) is 76.1 Å². The number of likely N-dealkylation sites (tertiary alicyclic amines) is 1. The van der Waals surface area contributed by atoms with E-state index in [0.717, 1.165) is 22.4 Å². The molecular weight excluding hydrogens is 418 g/mol. The van der Waals surface area contributed by atoms with Gasteiger partial charge in [0.2, 0.25) is 0 Å². The van der Waals surface area contributed by atoms with Gasteiger partial charge in [-0.15, -0.1) is 0 Å². The third-order valence-corrected chi connectivity index (χ3v) is 5.94. The molecule has 1 saturated heterocycles. The Morgan fingerprint density at radius 2 is 1.88 bits per heavy atom. The molecule has 1 N–H and O–H groups in total. The van der Waals surface area contributed by atoms with Crippen LogP contribution in [0.4, 0.5) is 0 Å². The van der Waals surface area contributed by atoms with Gasteiger partial charge in [-0.05, 0) is 67.1 Å². The van der Waals surface area contributed by atoms with E-state index >= 15 is 0 Å². The van der Waals surface area contributed by atoms with Gasteiger partial charge < -0.3 is 19.5 Å². The van der Waals surface area contributed by atoms with Crippen LogP contribution >= 0.6 is 0 Å². The number of ether oxygens (including phenoxy) is 2. The highest BCUT2D eigenvalue weighted by molar-refractivity contribution is 6.46. The van der Waals surface area contributed by atoms with Gasteiger partial charge in [0.05, 0.1) is 25.3 Å². The molecule has 0 bridgehead atoms. The van der Waals surface area contributed by atoms with Crippen LogP contribution < -0.4 is 9.47 Å². The van der Waals surface area contributed by atoms with E-state index in [1.165, 1.54) is 0 Å². The molecule has 0 aromatic heterocycles. The molecule has 0 spiro atoms. The molecule has 0 aliphatic carbocycles. The summed E-state index contributed by atoms with van der Waals surface area (Å²) in [5.74, 6) is 0.0925. The van der Waals surface area contributed by atoms with Crippen molar-refractivity contribution in [2.75, 3.05) is 20.3 Å². The highest BCUT2D eigenvalue weighted by Crippen LogP contribution is 2.42. The maximum Gasteiger partial charge on any atom is 0.295 e. The van der Waals surface area contributed by atoms with Gasteiger partial charge in [0.1, 0.15) is 17.3 Å². The molecule has 1 aliphatic heterocycles. The summed E-state index contributed by atoms with van der Waals surface area (Å²) in [7, 11) is 1.61. The Bertz CT molecular complexity index is 1090. The van der Waals surface area contributed by atoms with Crippen molar-refractivity contribution in [1.29, 1.82) is 0 Å².